The van der Waals surface area contributed by atoms with E-state index in [1.807, 2.05) is 94.4 Å². The Labute approximate surface area is 687 Å². The Balaban J connectivity index is 0.000000308. The Morgan fingerprint density at radius 2 is 0.851 bits per heavy atom. The first-order valence-corrected chi connectivity index (χ1v) is 53.5. The number of aliphatic carboxylic acids is 1. The maximum absolute atomic E-state index is 14.0. The minimum atomic E-state index is -5.04. The Bertz CT molecular complexity index is 4420. The molecule has 0 spiro atoms. The van der Waals surface area contributed by atoms with Crippen molar-refractivity contribution in [3.05, 3.63) is 189 Å². The zero-order chi connectivity index (χ0) is 84.1. The molecule has 628 valence electrons. The van der Waals surface area contributed by atoms with Crippen molar-refractivity contribution in [2.45, 2.75) is 162 Å². The van der Waals surface area contributed by atoms with E-state index < -0.39 is 84.7 Å². The second-order valence-electron chi connectivity index (χ2n) is 28.8. The van der Waals surface area contributed by atoms with Crippen LogP contribution in [0, 0.1) is 37.5 Å². The summed E-state index contributed by atoms with van der Waals surface area (Å²) >= 11 is 5.30. The van der Waals surface area contributed by atoms with Crippen LogP contribution in [0.4, 0.5) is 76.0 Å². The van der Waals surface area contributed by atoms with Crippen LogP contribution in [0.3, 0.4) is 0 Å². The molecule has 0 bridgehead atoms. The second-order valence-corrected chi connectivity index (χ2v) is 49.6. The van der Waals surface area contributed by atoms with E-state index in [0.29, 0.717) is 82.0 Å². The molecule has 0 amide bonds. The SMILES string of the molecule is CCN(CC1CCC(CC(=O)O)CC1)c1ccc(C)cc1CN(c1ncc(OCCS(C)(=O)=O)cn1)[C@@H](C)c1cc(C(F)(F)F)cc(C(F)(F)F)c1.CCN(CC1CCC(CC(=O)OCc2ccccc2)CC1)c1ccc(C)cc1CN(c1ncc(OCCS(C)(=O)=O)cn1)[C@@H](C)c1cc(C(F)(F)F)cc(C(F)(F)F)c1.I[I-]I. The topological polar surface area (TPSA) is 215 Å². The fraction of sp³-hybridized carbons (Fsp3) is 0.494. The van der Waals surface area contributed by atoms with Crippen LogP contribution in [0.25, 0.3) is 0 Å². The number of sulfone groups is 2. The Kier molecular flexibility index (Phi) is 35.3. The molecule has 2 atom stereocenters. The predicted octanol–water partition coefficient (Wildman–Crippen LogP) is 16.7. The minimum absolute atomic E-state index is 0.00110. The Morgan fingerprint density at radius 1 is 0.518 bits per heavy atom. The number of carbonyl (C=O) groups excluding carboxylic acids is 1. The molecule has 18 nitrogen and oxygen atoms in total. The van der Waals surface area contributed by atoms with Crippen LogP contribution >= 0.6 is 37.2 Å². The summed E-state index contributed by atoms with van der Waals surface area (Å²) in [6.07, 6.45) is -5.54. The third-order valence-electron chi connectivity index (χ3n) is 20.0. The average Bonchev–Trinajstić information content (AvgIpc) is 0.786. The fourth-order valence-corrected chi connectivity index (χ4v) is 14.6. The molecule has 7 aromatic rings. The van der Waals surface area contributed by atoms with Crippen molar-refractivity contribution in [1.82, 2.24) is 19.9 Å². The van der Waals surface area contributed by atoms with Gasteiger partial charge in [0.15, 0.2) is 31.2 Å². The van der Waals surface area contributed by atoms with Gasteiger partial charge in [0, 0.05) is 76.0 Å². The first-order valence-electron chi connectivity index (χ1n) is 36.8. The summed E-state index contributed by atoms with van der Waals surface area (Å²) in [7, 11) is -6.63. The summed E-state index contributed by atoms with van der Waals surface area (Å²) in [6.45, 7) is 13.3. The molecule has 35 heteroatoms. The molecule has 9 rings (SSSR count). The normalized spacial score (nSPS) is 16.8. The van der Waals surface area contributed by atoms with Crippen molar-refractivity contribution in [3.63, 3.8) is 0 Å². The summed E-state index contributed by atoms with van der Waals surface area (Å²) in [4.78, 5) is 48.8. The average molecular weight is 1990 g/mol. The van der Waals surface area contributed by atoms with Crippen molar-refractivity contribution < 1.29 is 112 Å². The van der Waals surface area contributed by atoms with Gasteiger partial charge in [0.05, 0.1) is 70.6 Å². The van der Waals surface area contributed by atoms with Gasteiger partial charge in [-0.25, -0.2) is 36.8 Å². The van der Waals surface area contributed by atoms with Gasteiger partial charge in [0.2, 0.25) is 11.9 Å². The van der Waals surface area contributed by atoms with Gasteiger partial charge >= 0.3 is 87.1 Å². The number of hydrogen-bond acceptors (Lipinski definition) is 17. The van der Waals surface area contributed by atoms with E-state index in [9.17, 15) is 84.2 Å². The number of nitrogens with zero attached hydrogens (tertiary/aromatic N) is 8. The molecule has 0 radical (unpaired) electrons. The number of esters is 1. The maximum atomic E-state index is 14.0. The van der Waals surface area contributed by atoms with Crippen LogP contribution in [0.15, 0.2) is 128 Å². The number of carboxylic acids is 1. The van der Waals surface area contributed by atoms with Gasteiger partial charge in [-0.2, -0.15) is 52.7 Å². The van der Waals surface area contributed by atoms with Crippen molar-refractivity contribution >= 4 is 92.1 Å². The van der Waals surface area contributed by atoms with Crippen molar-refractivity contribution in [2.75, 3.05) is 83.0 Å². The van der Waals surface area contributed by atoms with Gasteiger partial charge < -0.3 is 38.9 Å². The van der Waals surface area contributed by atoms with E-state index in [0.717, 1.165) is 103 Å². The molecule has 1 N–H and O–H groups in total. The van der Waals surface area contributed by atoms with Gasteiger partial charge in [-0.05, 0) is 193 Å². The number of anilines is 4. The van der Waals surface area contributed by atoms with Gasteiger partial charge in [-0.3, -0.25) is 9.59 Å². The van der Waals surface area contributed by atoms with E-state index in [-0.39, 0.29) is 115 Å². The van der Waals surface area contributed by atoms with E-state index in [2.05, 4.69) is 67.0 Å². The van der Waals surface area contributed by atoms with E-state index >= 15 is 0 Å². The monoisotopic (exact) mass is 1990 g/mol. The number of carbonyl (C=O) groups is 2. The van der Waals surface area contributed by atoms with Crippen LogP contribution in [-0.4, -0.2) is 117 Å². The third-order valence-corrected chi connectivity index (χ3v) is 21.8. The molecule has 2 saturated carbocycles. The second kappa shape index (κ2) is 42.6. The molecule has 5 aromatic carbocycles. The predicted molar refractivity (Wildman–Crippen MR) is 427 cm³/mol. The van der Waals surface area contributed by atoms with Crippen molar-refractivity contribution in [3.8, 4) is 11.5 Å². The molecule has 0 saturated heterocycles. The zero-order valence-corrected chi connectivity index (χ0v) is 72.2. The van der Waals surface area contributed by atoms with Gasteiger partial charge in [0.25, 0.3) is 0 Å². The number of carboxylic acid groups (broad SMARTS) is 1. The number of rotatable bonds is 32. The van der Waals surface area contributed by atoms with Crippen LogP contribution in [-0.2, 0) is 78.4 Å². The Morgan fingerprint density at radius 3 is 1.17 bits per heavy atom. The van der Waals surface area contributed by atoms with E-state index in [1.165, 1.54) is 43.5 Å². The summed E-state index contributed by atoms with van der Waals surface area (Å²) in [5, 5.41) is 9.21. The summed E-state index contributed by atoms with van der Waals surface area (Å²) in [5.41, 5.74) is -0.353. The molecule has 2 fully saturated rings. The molecule has 2 aromatic heterocycles. The Hall–Kier alpha value is -6.75. The van der Waals surface area contributed by atoms with Crippen LogP contribution in [0.2, 0.25) is 0 Å². The van der Waals surface area contributed by atoms with Gasteiger partial charge in [-0.15, -0.1) is 0 Å². The number of hydrogen-bond donors (Lipinski definition) is 1. The quantitative estimate of drug-likeness (QED) is 0.0236. The third kappa shape index (κ3) is 30.3. The molecule has 2 aliphatic rings. The van der Waals surface area contributed by atoms with Crippen molar-refractivity contribution in [1.29, 1.82) is 0 Å². The number of alkyl halides is 12. The van der Waals surface area contributed by atoms with E-state index in [4.69, 9.17) is 14.2 Å². The van der Waals surface area contributed by atoms with Crippen LogP contribution in [0.1, 0.15) is 165 Å². The number of halogens is 15. The zero-order valence-electron chi connectivity index (χ0n) is 64.1. The molecule has 2 heterocycles. The molecular weight excluding hydrogens is 1890 g/mol. The fourth-order valence-electron chi connectivity index (χ4n) is 13.8. The van der Waals surface area contributed by atoms with Gasteiger partial charge in [-0.1, -0.05) is 65.7 Å². The molecule has 2 aliphatic carbocycles. The van der Waals surface area contributed by atoms with Crippen LogP contribution < -0.4 is 42.3 Å². The van der Waals surface area contributed by atoms with E-state index in [1.54, 1.807) is 4.90 Å². The van der Waals surface area contributed by atoms with Crippen molar-refractivity contribution in [2.24, 2.45) is 23.7 Å². The molecule has 114 heavy (non-hydrogen) atoms. The molecule has 0 unspecified atom stereocenters. The summed E-state index contributed by atoms with van der Waals surface area (Å²) in [6, 6.07) is 22.0. The standard InChI is InChI=1S/C43H50F6N4O5S.C36H44F6N4O5S.I3/c1-5-52(26-32-14-12-31(13-15-32)20-40(54)58-28-33-9-7-6-8-10-33)39-16-11-29(2)19-35(39)27-53(41-50-24-38(25-51-41)57-17-18-59(4,55)56)30(3)34-21-36(42(44,45)46)23-37(22-34)43(47,48)49;1-5-45(21-26-9-7-25(8-10-26)15-33(47)48)32-11-6-23(2)14-28(32)22-46(34-43-19-31(20-44-34)51-12-13-52(4,49)50)24(3)27-16-29(35(37,38)39)18-30(17-27)36(40,41)42;1-3-2/h6-11,16,19,21-25,30-32H,5,12-15,17-18,20,26-28H2,1-4H3;6,11,14,16-20,24-26H,5,7-10,12-13,15,21-22H2,1-4H3,(H,47,48);/q;;-1/t30-,31?,32?;24-,25?,26?;/m00./s1. The number of aromatic nitrogens is 4. The van der Waals surface area contributed by atoms with Gasteiger partial charge in [0.1, 0.15) is 19.8 Å². The first kappa shape index (κ1) is 94.4. The number of benzene rings is 5. The van der Waals surface area contributed by atoms with Crippen LogP contribution in [0.5, 0.6) is 11.5 Å². The summed E-state index contributed by atoms with van der Waals surface area (Å²) < 4.78 is 230. The number of aryl methyl sites for hydroxylation is 2. The first-order chi connectivity index (χ1) is 53.4. The number of ether oxygens (including phenoxy) is 3. The molecular formula is C79H94F12I3N8O10S2-. The molecule has 0 aliphatic heterocycles. The summed E-state index contributed by atoms with van der Waals surface area (Å²) in [5.74, 6) is -0.282.